The number of ether oxygens (including phenoxy) is 1. The topological polar surface area (TPSA) is 65.1 Å². The first-order chi connectivity index (χ1) is 18.5. The molecule has 2 aromatic rings. The van der Waals surface area contributed by atoms with Crippen molar-refractivity contribution in [2.24, 2.45) is 0 Å². The van der Waals surface area contributed by atoms with Crippen LogP contribution >= 0.6 is 11.6 Å². The lowest BCUT2D eigenvalue weighted by Crippen LogP contribution is -2.54. The molecule has 2 aromatic carbocycles. The summed E-state index contributed by atoms with van der Waals surface area (Å²) in [6.07, 6.45) is 1.69. The fraction of sp³-hybridized carbons (Fsp3) is 0.533. The van der Waals surface area contributed by atoms with E-state index in [0.29, 0.717) is 37.6 Å². The minimum absolute atomic E-state index is 0.0393. The number of piperazine rings is 1. The Bertz CT molecular complexity index is 1160. The maximum Gasteiger partial charge on any atom is 0.410 e. The third-order valence-electron chi connectivity index (χ3n) is 7.25. The Hall–Kier alpha value is -2.84. The Kier molecular flexibility index (Phi) is 9.39. The zero-order chi connectivity index (χ0) is 28.2. The zero-order valence-corrected chi connectivity index (χ0v) is 24.1. The molecular formula is C30H40ClFN4O3. The highest BCUT2D eigenvalue weighted by molar-refractivity contribution is 6.31. The standard InChI is InChI=1S/C30H40ClFN4O3/c1-21-19-34(14-15-36(21)29(38)39-30(2,3)4)20-23-9-8-22(16-27(23)31)17-28(37)35-12-10-25(11-13-35)33-26-7-5-6-24(32)18-26/h5-9,16,18,21,25,33H,10-15,17,19-20H2,1-4H3/t21-/m0/s1. The Balaban J connectivity index is 1.24. The van der Waals surface area contributed by atoms with Gasteiger partial charge in [-0.25, -0.2) is 9.18 Å². The van der Waals surface area contributed by atoms with Gasteiger partial charge in [0.05, 0.1) is 6.42 Å². The van der Waals surface area contributed by atoms with Crippen molar-refractivity contribution in [1.82, 2.24) is 14.7 Å². The number of anilines is 1. The molecule has 2 fully saturated rings. The van der Waals surface area contributed by atoms with Crippen LogP contribution in [0.3, 0.4) is 0 Å². The lowest BCUT2D eigenvalue weighted by atomic mass is 10.0. The number of nitrogens with zero attached hydrogens (tertiary/aromatic N) is 3. The van der Waals surface area contributed by atoms with E-state index in [1.165, 1.54) is 12.1 Å². The summed E-state index contributed by atoms with van der Waals surface area (Å²) in [5.74, 6) is -0.164. The van der Waals surface area contributed by atoms with Crippen LogP contribution in [0.1, 0.15) is 51.7 Å². The van der Waals surface area contributed by atoms with E-state index in [9.17, 15) is 14.0 Å². The minimum Gasteiger partial charge on any atom is -0.444 e. The van der Waals surface area contributed by atoms with E-state index in [1.807, 2.05) is 56.9 Å². The highest BCUT2D eigenvalue weighted by Crippen LogP contribution is 2.24. The van der Waals surface area contributed by atoms with E-state index < -0.39 is 5.60 Å². The largest absolute Gasteiger partial charge is 0.444 e. The van der Waals surface area contributed by atoms with Crippen LogP contribution in [0.25, 0.3) is 0 Å². The third kappa shape index (κ3) is 8.32. The molecule has 0 aromatic heterocycles. The van der Waals surface area contributed by atoms with Gasteiger partial charge in [0.2, 0.25) is 5.91 Å². The Morgan fingerprint density at radius 1 is 1.08 bits per heavy atom. The number of hydrogen-bond acceptors (Lipinski definition) is 5. The molecule has 0 radical (unpaired) electrons. The average molecular weight is 559 g/mol. The van der Waals surface area contributed by atoms with Crippen molar-refractivity contribution in [1.29, 1.82) is 0 Å². The Morgan fingerprint density at radius 2 is 1.82 bits per heavy atom. The second-order valence-electron chi connectivity index (χ2n) is 11.7. The molecular weight excluding hydrogens is 519 g/mol. The molecule has 39 heavy (non-hydrogen) atoms. The fourth-order valence-corrected chi connectivity index (χ4v) is 5.47. The molecule has 0 unspecified atom stereocenters. The number of rotatable bonds is 6. The van der Waals surface area contributed by atoms with Gasteiger partial charge in [-0.15, -0.1) is 0 Å². The van der Waals surface area contributed by atoms with Crippen molar-refractivity contribution in [2.75, 3.05) is 38.0 Å². The van der Waals surface area contributed by atoms with Gasteiger partial charge in [0.1, 0.15) is 11.4 Å². The van der Waals surface area contributed by atoms with Crippen molar-refractivity contribution in [3.8, 4) is 0 Å². The molecule has 2 aliphatic heterocycles. The Labute approximate surface area is 236 Å². The van der Waals surface area contributed by atoms with E-state index >= 15 is 0 Å². The van der Waals surface area contributed by atoms with E-state index in [4.69, 9.17) is 16.3 Å². The summed E-state index contributed by atoms with van der Waals surface area (Å²) in [5, 5.41) is 4.03. The van der Waals surface area contributed by atoms with Crippen molar-refractivity contribution >= 4 is 29.3 Å². The Morgan fingerprint density at radius 3 is 2.46 bits per heavy atom. The quantitative estimate of drug-likeness (QED) is 0.502. The van der Waals surface area contributed by atoms with Gasteiger partial charge in [-0.2, -0.15) is 0 Å². The van der Waals surface area contributed by atoms with Crippen LogP contribution in [0.5, 0.6) is 0 Å². The van der Waals surface area contributed by atoms with Gasteiger partial charge in [0.25, 0.3) is 0 Å². The summed E-state index contributed by atoms with van der Waals surface area (Å²) in [6.45, 7) is 11.8. The lowest BCUT2D eigenvalue weighted by Gasteiger charge is -2.40. The van der Waals surface area contributed by atoms with Crippen LogP contribution in [0, 0.1) is 5.82 Å². The highest BCUT2D eigenvalue weighted by atomic mass is 35.5. The number of hydrogen-bond donors (Lipinski definition) is 1. The van der Waals surface area contributed by atoms with Gasteiger partial charge in [-0.05, 0) is 75.9 Å². The zero-order valence-electron chi connectivity index (χ0n) is 23.4. The first-order valence-electron chi connectivity index (χ1n) is 13.8. The van der Waals surface area contributed by atoms with E-state index in [2.05, 4.69) is 10.2 Å². The van der Waals surface area contributed by atoms with Gasteiger partial charge in [0, 0.05) is 62.1 Å². The highest BCUT2D eigenvalue weighted by Gasteiger charge is 2.31. The van der Waals surface area contributed by atoms with E-state index in [0.717, 1.165) is 42.7 Å². The van der Waals surface area contributed by atoms with Gasteiger partial charge < -0.3 is 19.9 Å². The summed E-state index contributed by atoms with van der Waals surface area (Å²) >= 11 is 6.64. The molecule has 212 valence electrons. The van der Waals surface area contributed by atoms with Gasteiger partial charge in [-0.1, -0.05) is 29.8 Å². The smallest absolute Gasteiger partial charge is 0.410 e. The maximum absolute atomic E-state index is 13.4. The molecule has 1 N–H and O–H groups in total. The molecule has 2 heterocycles. The molecule has 2 aliphatic rings. The van der Waals surface area contributed by atoms with Crippen molar-refractivity contribution in [3.05, 3.63) is 64.4 Å². The predicted octanol–water partition coefficient (Wildman–Crippen LogP) is 5.57. The molecule has 0 aliphatic carbocycles. The normalized spacial score (nSPS) is 19.2. The van der Waals surface area contributed by atoms with Crippen LogP contribution in [0.15, 0.2) is 42.5 Å². The molecule has 7 nitrogen and oxygen atoms in total. The summed E-state index contributed by atoms with van der Waals surface area (Å²) in [6, 6.07) is 12.6. The lowest BCUT2D eigenvalue weighted by molar-refractivity contribution is -0.131. The molecule has 4 rings (SSSR count). The number of piperidine rings is 1. The predicted molar refractivity (Wildman–Crippen MR) is 152 cm³/mol. The van der Waals surface area contributed by atoms with Gasteiger partial charge >= 0.3 is 6.09 Å². The van der Waals surface area contributed by atoms with E-state index in [1.54, 1.807) is 11.0 Å². The van der Waals surface area contributed by atoms with Crippen LogP contribution in [-0.2, 0) is 22.5 Å². The summed E-state index contributed by atoms with van der Waals surface area (Å²) in [7, 11) is 0. The molecule has 1 atom stereocenters. The first-order valence-corrected chi connectivity index (χ1v) is 14.1. The molecule has 9 heteroatoms. The molecule has 2 amide bonds. The maximum atomic E-state index is 13.4. The number of carbonyl (C=O) groups is 2. The molecule has 0 bridgehead atoms. The van der Waals surface area contributed by atoms with Crippen LogP contribution in [0.2, 0.25) is 5.02 Å². The average Bonchev–Trinajstić information content (AvgIpc) is 2.85. The number of amides is 2. The van der Waals surface area contributed by atoms with Crippen LogP contribution in [-0.4, -0.2) is 77.1 Å². The van der Waals surface area contributed by atoms with Crippen LogP contribution < -0.4 is 5.32 Å². The van der Waals surface area contributed by atoms with Crippen LogP contribution in [0.4, 0.5) is 14.9 Å². The number of carbonyl (C=O) groups excluding carboxylic acids is 2. The second kappa shape index (κ2) is 12.6. The summed E-state index contributed by atoms with van der Waals surface area (Å²) in [4.78, 5) is 31.4. The van der Waals surface area contributed by atoms with E-state index in [-0.39, 0.29) is 29.9 Å². The fourth-order valence-electron chi connectivity index (χ4n) is 5.21. The van der Waals surface area contributed by atoms with Gasteiger partial charge in [-0.3, -0.25) is 9.69 Å². The third-order valence-corrected chi connectivity index (χ3v) is 7.60. The monoisotopic (exact) mass is 558 g/mol. The van der Waals surface area contributed by atoms with Crippen molar-refractivity contribution < 1.29 is 18.7 Å². The SMILES string of the molecule is C[C@H]1CN(Cc2ccc(CC(=O)N3CCC(Nc4cccc(F)c4)CC3)cc2Cl)CCN1C(=O)OC(C)(C)C. The minimum atomic E-state index is -0.511. The molecule has 0 saturated carbocycles. The molecule has 2 saturated heterocycles. The number of halogens is 2. The summed E-state index contributed by atoms with van der Waals surface area (Å²) < 4.78 is 19.0. The first kappa shape index (κ1) is 29.2. The van der Waals surface area contributed by atoms with Gasteiger partial charge in [0.15, 0.2) is 0 Å². The number of likely N-dealkylation sites (tertiary alicyclic amines) is 1. The number of benzene rings is 2. The summed E-state index contributed by atoms with van der Waals surface area (Å²) in [5.41, 5.74) is 2.17. The number of nitrogens with one attached hydrogen (secondary N) is 1. The van der Waals surface area contributed by atoms with Crippen molar-refractivity contribution in [2.45, 2.75) is 71.2 Å². The molecule has 0 spiro atoms. The van der Waals surface area contributed by atoms with Crippen molar-refractivity contribution in [3.63, 3.8) is 0 Å². The second-order valence-corrected chi connectivity index (χ2v) is 12.1.